The minimum absolute atomic E-state index is 0.160. The van der Waals surface area contributed by atoms with Crippen LogP contribution in [0.5, 0.6) is 17.2 Å². The van der Waals surface area contributed by atoms with Gasteiger partial charge in [0.05, 0.1) is 21.3 Å². The van der Waals surface area contributed by atoms with Crippen LogP contribution < -0.4 is 19.6 Å². The van der Waals surface area contributed by atoms with Gasteiger partial charge in [-0.1, -0.05) is 11.8 Å². The molecule has 0 atom stereocenters. The van der Waals surface area contributed by atoms with E-state index in [4.69, 9.17) is 18.6 Å². The van der Waals surface area contributed by atoms with E-state index in [1.807, 2.05) is 24.3 Å². The first-order chi connectivity index (χ1) is 11.6. The lowest BCUT2D eigenvalue weighted by atomic mass is 10.2. The van der Waals surface area contributed by atoms with Crippen LogP contribution in [-0.4, -0.2) is 21.3 Å². The van der Waals surface area contributed by atoms with Crippen molar-refractivity contribution in [2.24, 2.45) is 0 Å². The SMILES string of the molecule is COc1ccc(Sc2cc(=O)c3c(OC)cc(OC)cc3o2)cc1. The van der Waals surface area contributed by atoms with Crippen LogP contribution in [0.15, 0.2) is 61.7 Å². The Morgan fingerprint density at radius 1 is 0.875 bits per heavy atom. The van der Waals surface area contributed by atoms with E-state index in [0.717, 1.165) is 10.6 Å². The molecule has 1 heterocycles. The fourth-order valence-electron chi connectivity index (χ4n) is 2.30. The van der Waals surface area contributed by atoms with Gasteiger partial charge in [0.15, 0.2) is 10.5 Å². The largest absolute Gasteiger partial charge is 0.497 e. The monoisotopic (exact) mass is 344 g/mol. The maximum Gasteiger partial charge on any atom is 0.197 e. The molecule has 0 N–H and O–H groups in total. The van der Waals surface area contributed by atoms with Crippen molar-refractivity contribution in [2.45, 2.75) is 9.99 Å². The molecule has 24 heavy (non-hydrogen) atoms. The third kappa shape index (κ3) is 3.19. The average molecular weight is 344 g/mol. The minimum Gasteiger partial charge on any atom is -0.497 e. The van der Waals surface area contributed by atoms with E-state index in [1.54, 1.807) is 26.4 Å². The van der Waals surface area contributed by atoms with Crippen molar-refractivity contribution in [2.75, 3.05) is 21.3 Å². The second-order valence-corrected chi connectivity index (χ2v) is 5.99. The van der Waals surface area contributed by atoms with Crippen LogP contribution in [0, 0.1) is 0 Å². The normalized spacial score (nSPS) is 10.6. The molecule has 0 saturated carbocycles. The van der Waals surface area contributed by atoms with Gasteiger partial charge in [-0.3, -0.25) is 4.79 Å². The van der Waals surface area contributed by atoms with Crippen LogP contribution in [0.1, 0.15) is 0 Å². The Bertz CT molecular complexity index is 915. The lowest BCUT2D eigenvalue weighted by Gasteiger charge is -2.09. The zero-order chi connectivity index (χ0) is 17.1. The van der Waals surface area contributed by atoms with E-state index in [-0.39, 0.29) is 5.43 Å². The second-order valence-electron chi connectivity index (χ2n) is 4.91. The molecule has 0 aliphatic carbocycles. The lowest BCUT2D eigenvalue weighted by molar-refractivity contribution is 0.394. The number of methoxy groups -OCH3 is 3. The molecule has 1 aromatic heterocycles. The summed E-state index contributed by atoms with van der Waals surface area (Å²) in [6.45, 7) is 0. The zero-order valence-corrected chi connectivity index (χ0v) is 14.3. The van der Waals surface area contributed by atoms with E-state index in [1.165, 1.54) is 24.9 Å². The van der Waals surface area contributed by atoms with Crippen LogP contribution in [-0.2, 0) is 0 Å². The molecule has 0 unspecified atom stereocenters. The lowest BCUT2D eigenvalue weighted by Crippen LogP contribution is -2.03. The summed E-state index contributed by atoms with van der Waals surface area (Å²) in [5, 5.41) is 0.894. The Hall–Kier alpha value is -2.60. The summed E-state index contributed by atoms with van der Waals surface area (Å²) in [4.78, 5) is 13.4. The van der Waals surface area contributed by atoms with Gasteiger partial charge in [-0.2, -0.15) is 0 Å². The minimum atomic E-state index is -0.160. The van der Waals surface area contributed by atoms with Gasteiger partial charge in [-0.15, -0.1) is 0 Å². The van der Waals surface area contributed by atoms with Crippen LogP contribution in [0.2, 0.25) is 0 Å². The van der Waals surface area contributed by atoms with Gasteiger partial charge in [0.25, 0.3) is 0 Å². The summed E-state index contributed by atoms with van der Waals surface area (Å²) in [5.74, 6) is 1.77. The third-order valence-corrected chi connectivity index (χ3v) is 4.39. The molecule has 0 aliphatic heterocycles. The molecule has 6 heteroatoms. The maximum atomic E-state index is 12.5. The molecular weight excluding hydrogens is 328 g/mol. The highest BCUT2D eigenvalue weighted by atomic mass is 32.2. The average Bonchev–Trinajstić information content (AvgIpc) is 2.61. The van der Waals surface area contributed by atoms with Crippen molar-refractivity contribution >= 4 is 22.7 Å². The van der Waals surface area contributed by atoms with Crippen molar-refractivity contribution in [3.8, 4) is 17.2 Å². The number of rotatable bonds is 5. The quantitative estimate of drug-likeness (QED) is 0.698. The second kappa shape index (κ2) is 6.88. The molecule has 3 aromatic rings. The van der Waals surface area contributed by atoms with Gasteiger partial charge < -0.3 is 18.6 Å². The molecule has 0 radical (unpaired) electrons. The molecule has 0 bridgehead atoms. The fourth-order valence-corrected chi connectivity index (χ4v) is 3.10. The molecule has 0 amide bonds. The Morgan fingerprint density at radius 3 is 2.21 bits per heavy atom. The van der Waals surface area contributed by atoms with Gasteiger partial charge in [0.2, 0.25) is 0 Å². The highest BCUT2D eigenvalue weighted by molar-refractivity contribution is 7.99. The zero-order valence-electron chi connectivity index (χ0n) is 13.5. The molecule has 3 rings (SSSR count). The number of fused-ring (bicyclic) bond motifs is 1. The summed E-state index contributed by atoms with van der Waals surface area (Å²) >= 11 is 1.36. The van der Waals surface area contributed by atoms with Gasteiger partial charge >= 0.3 is 0 Å². The van der Waals surface area contributed by atoms with Crippen LogP contribution in [0.4, 0.5) is 0 Å². The molecule has 0 spiro atoms. The summed E-state index contributed by atoms with van der Waals surface area (Å²) in [6, 6.07) is 12.3. The van der Waals surface area contributed by atoms with Crippen LogP contribution in [0.25, 0.3) is 11.0 Å². The standard InChI is InChI=1S/C18H16O5S/c1-20-11-4-6-13(7-5-11)24-17-10-14(19)18-15(22-3)8-12(21-2)9-16(18)23-17/h4-10H,1-3H3. The summed E-state index contributed by atoms with van der Waals surface area (Å²) in [7, 11) is 4.67. The number of hydrogen-bond acceptors (Lipinski definition) is 6. The Morgan fingerprint density at radius 2 is 1.58 bits per heavy atom. The van der Waals surface area contributed by atoms with Crippen molar-refractivity contribution in [3.63, 3.8) is 0 Å². The maximum absolute atomic E-state index is 12.5. The van der Waals surface area contributed by atoms with Gasteiger partial charge in [0, 0.05) is 23.1 Å². The topological polar surface area (TPSA) is 57.9 Å². The fraction of sp³-hybridized carbons (Fsp3) is 0.167. The molecule has 5 nitrogen and oxygen atoms in total. The summed E-state index contributed by atoms with van der Waals surface area (Å²) in [6.07, 6.45) is 0. The summed E-state index contributed by atoms with van der Waals surface area (Å²) < 4.78 is 21.5. The van der Waals surface area contributed by atoms with E-state index in [2.05, 4.69) is 0 Å². The van der Waals surface area contributed by atoms with Gasteiger partial charge in [0.1, 0.15) is 28.2 Å². The first kappa shape index (κ1) is 16.3. The smallest absolute Gasteiger partial charge is 0.197 e. The van der Waals surface area contributed by atoms with Crippen LogP contribution >= 0.6 is 11.8 Å². The summed E-state index contributed by atoms with van der Waals surface area (Å²) in [5.41, 5.74) is 0.265. The van der Waals surface area contributed by atoms with Crippen molar-refractivity contribution in [3.05, 3.63) is 52.7 Å². The number of benzene rings is 2. The molecule has 0 saturated heterocycles. The molecule has 124 valence electrons. The van der Waals surface area contributed by atoms with Crippen LogP contribution in [0.3, 0.4) is 0 Å². The van der Waals surface area contributed by atoms with Crippen molar-refractivity contribution < 1.29 is 18.6 Å². The predicted octanol–water partition coefficient (Wildman–Crippen LogP) is 3.97. The van der Waals surface area contributed by atoms with Crippen molar-refractivity contribution in [1.29, 1.82) is 0 Å². The van der Waals surface area contributed by atoms with E-state index >= 15 is 0 Å². The molecule has 2 aromatic carbocycles. The molecule has 0 aliphatic rings. The van der Waals surface area contributed by atoms with E-state index in [0.29, 0.717) is 27.6 Å². The van der Waals surface area contributed by atoms with E-state index in [9.17, 15) is 4.79 Å². The third-order valence-electron chi connectivity index (χ3n) is 3.48. The molecule has 0 fully saturated rings. The highest BCUT2D eigenvalue weighted by Crippen LogP contribution is 2.34. The van der Waals surface area contributed by atoms with Crippen molar-refractivity contribution in [1.82, 2.24) is 0 Å². The predicted molar refractivity (Wildman–Crippen MR) is 92.7 cm³/mol. The number of hydrogen-bond donors (Lipinski definition) is 0. The van der Waals surface area contributed by atoms with E-state index < -0.39 is 0 Å². The highest BCUT2D eigenvalue weighted by Gasteiger charge is 2.13. The van der Waals surface area contributed by atoms with Gasteiger partial charge in [-0.25, -0.2) is 0 Å². The first-order valence-corrected chi connectivity index (χ1v) is 7.98. The first-order valence-electron chi connectivity index (χ1n) is 7.16. The number of ether oxygens (including phenoxy) is 3. The molecular formula is C18H16O5S. The Labute approximate surface area is 143 Å². The van der Waals surface area contributed by atoms with Gasteiger partial charge in [-0.05, 0) is 24.3 Å². The Kier molecular flexibility index (Phi) is 4.66. The Balaban J connectivity index is 2.04.